The number of hydrogen-bond acceptors (Lipinski definition) is 2. The first-order valence-electron chi connectivity index (χ1n) is 7.66. The first kappa shape index (κ1) is 15.5. The molecule has 0 radical (unpaired) electrons. The number of carbonyl (C=O) groups is 2. The highest BCUT2D eigenvalue weighted by atomic mass is 16.2. The normalized spacial score (nSPS) is 18.1. The van der Waals surface area contributed by atoms with Gasteiger partial charge in [-0.3, -0.25) is 9.59 Å². The fraction of sp³-hybridized carbons (Fsp3) is 0.529. The van der Waals surface area contributed by atoms with Gasteiger partial charge >= 0.3 is 0 Å². The van der Waals surface area contributed by atoms with Gasteiger partial charge in [-0.25, -0.2) is 0 Å². The molecule has 114 valence electrons. The molecule has 1 saturated heterocycles. The van der Waals surface area contributed by atoms with Crippen LogP contribution in [-0.2, 0) is 9.59 Å². The molecule has 2 amide bonds. The van der Waals surface area contributed by atoms with E-state index in [1.807, 2.05) is 30.9 Å². The molecule has 0 saturated carbocycles. The summed E-state index contributed by atoms with van der Waals surface area (Å²) in [7, 11) is 0. The Bertz CT molecular complexity index is 519. The van der Waals surface area contributed by atoms with E-state index in [2.05, 4.69) is 18.3 Å². The van der Waals surface area contributed by atoms with Crippen LogP contribution in [0.5, 0.6) is 0 Å². The summed E-state index contributed by atoms with van der Waals surface area (Å²) in [6, 6.07) is 5.98. The molecule has 4 heteroatoms. The Labute approximate surface area is 126 Å². The van der Waals surface area contributed by atoms with E-state index in [0.717, 1.165) is 36.2 Å². The zero-order valence-electron chi connectivity index (χ0n) is 13.1. The predicted octanol–water partition coefficient (Wildman–Crippen LogP) is 2.89. The predicted molar refractivity (Wildman–Crippen MR) is 84.1 cm³/mol. The van der Waals surface area contributed by atoms with E-state index in [4.69, 9.17) is 0 Å². The summed E-state index contributed by atoms with van der Waals surface area (Å²) in [6.07, 6.45) is 2.39. The second kappa shape index (κ2) is 6.74. The van der Waals surface area contributed by atoms with Gasteiger partial charge < -0.3 is 10.2 Å². The van der Waals surface area contributed by atoms with Gasteiger partial charge in [-0.1, -0.05) is 19.4 Å². The van der Waals surface area contributed by atoms with E-state index in [1.165, 1.54) is 0 Å². The number of anilines is 1. The lowest BCUT2D eigenvalue weighted by Gasteiger charge is -2.16. The lowest BCUT2D eigenvalue weighted by Crippen LogP contribution is -2.29. The topological polar surface area (TPSA) is 49.4 Å². The fourth-order valence-electron chi connectivity index (χ4n) is 2.80. The van der Waals surface area contributed by atoms with Crippen molar-refractivity contribution < 1.29 is 9.59 Å². The highest BCUT2D eigenvalue weighted by Gasteiger charge is 2.33. The summed E-state index contributed by atoms with van der Waals surface area (Å²) in [5.41, 5.74) is 3.06. The Morgan fingerprint density at radius 3 is 2.57 bits per heavy atom. The van der Waals surface area contributed by atoms with Crippen molar-refractivity contribution in [3.8, 4) is 0 Å². The van der Waals surface area contributed by atoms with Crippen LogP contribution in [0.2, 0.25) is 0 Å². The molecule has 4 nitrogen and oxygen atoms in total. The molecule has 0 bridgehead atoms. The molecule has 1 fully saturated rings. The maximum absolute atomic E-state index is 12.3. The number of rotatable bonds is 5. The van der Waals surface area contributed by atoms with Crippen LogP contribution in [0.1, 0.15) is 37.3 Å². The zero-order chi connectivity index (χ0) is 15.4. The Balaban J connectivity index is 1.96. The largest absolute Gasteiger partial charge is 0.342 e. The average molecular weight is 288 g/mol. The average Bonchev–Trinajstić information content (AvgIpc) is 2.76. The number of carbonyl (C=O) groups excluding carboxylic acids is 2. The summed E-state index contributed by atoms with van der Waals surface area (Å²) in [6.45, 7) is 7.44. The van der Waals surface area contributed by atoms with Gasteiger partial charge in [0.2, 0.25) is 11.8 Å². The fourth-order valence-corrected chi connectivity index (χ4v) is 2.80. The summed E-state index contributed by atoms with van der Waals surface area (Å²) < 4.78 is 0. The monoisotopic (exact) mass is 288 g/mol. The van der Waals surface area contributed by atoms with Crippen LogP contribution in [0, 0.1) is 19.8 Å². The van der Waals surface area contributed by atoms with E-state index < -0.39 is 0 Å². The number of hydrogen-bond donors (Lipinski definition) is 1. The van der Waals surface area contributed by atoms with Crippen LogP contribution in [0.3, 0.4) is 0 Å². The van der Waals surface area contributed by atoms with Gasteiger partial charge in [0.25, 0.3) is 0 Å². The first-order chi connectivity index (χ1) is 9.99. The summed E-state index contributed by atoms with van der Waals surface area (Å²) in [5.74, 6) is -0.174. The van der Waals surface area contributed by atoms with Crippen LogP contribution >= 0.6 is 0 Å². The van der Waals surface area contributed by atoms with Crippen molar-refractivity contribution in [2.75, 3.05) is 18.4 Å². The molecule has 1 aliphatic rings. The minimum absolute atomic E-state index is 0.0488. The van der Waals surface area contributed by atoms with Crippen molar-refractivity contribution in [2.45, 2.75) is 40.0 Å². The summed E-state index contributed by atoms with van der Waals surface area (Å²) >= 11 is 0. The smallest absolute Gasteiger partial charge is 0.229 e. The molecule has 1 N–H and O–H groups in total. The highest BCUT2D eigenvalue weighted by molar-refractivity contribution is 5.97. The maximum Gasteiger partial charge on any atom is 0.229 e. The van der Waals surface area contributed by atoms with E-state index in [1.54, 1.807) is 0 Å². The van der Waals surface area contributed by atoms with Crippen LogP contribution < -0.4 is 5.32 Å². The molecule has 21 heavy (non-hydrogen) atoms. The van der Waals surface area contributed by atoms with Crippen LogP contribution in [0.4, 0.5) is 5.69 Å². The van der Waals surface area contributed by atoms with Crippen molar-refractivity contribution in [3.63, 3.8) is 0 Å². The van der Waals surface area contributed by atoms with E-state index in [0.29, 0.717) is 13.0 Å². The number of likely N-dealkylation sites (tertiary alicyclic amines) is 1. The van der Waals surface area contributed by atoms with E-state index in [9.17, 15) is 9.59 Å². The third-order valence-electron chi connectivity index (χ3n) is 3.86. The van der Waals surface area contributed by atoms with Gasteiger partial charge in [0.1, 0.15) is 0 Å². The van der Waals surface area contributed by atoms with Crippen LogP contribution in [0.25, 0.3) is 0 Å². The quantitative estimate of drug-likeness (QED) is 0.905. The number of nitrogens with zero attached hydrogens (tertiary/aromatic N) is 1. The maximum atomic E-state index is 12.3. The standard InChI is InChI=1S/C17H24N2O2/c1-4-5-6-19-11-14(10-16(19)20)17(21)18-15-8-12(2)7-13(3)9-15/h7-9,14H,4-6,10-11H2,1-3H3,(H,18,21)/t14-/m1/s1. The number of aryl methyl sites for hydroxylation is 2. The molecular weight excluding hydrogens is 264 g/mol. The van der Waals surface area contributed by atoms with E-state index in [-0.39, 0.29) is 17.7 Å². The van der Waals surface area contributed by atoms with Crippen LogP contribution in [-0.4, -0.2) is 29.8 Å². The number of nitrogens with one attached hydrogen (secondary N) is 1. The third-order valence-corrected chi connectivity index (χ3v) is 3.86. The molecule has 1 heterocycles. The molecule has 2 rings (SSSR count). The Morgan fingerprint density at radius 1 is 1.29 bits per heavy atom. The van der Waals surface area contributed by atoms with Crippen molar-refractivity contribution in [1.82, 2.24) is 4.90 Å². The molecule has 0 spiro atoms. The van der Waals surface area contributed by atoms with Gasteiger partial charge in [-0.2, -0.15) is 0 Å². The molecule has 0 unspecified atom stereocenters. The summed E-state index contributed by atoms with van der Waals surface area (Å²) in [4.78, 5) is 26.0. The van der Waals surface area contributed by atoms with Gasteiger partial charge in [0.05, 0.1) is 5.92 Å². The molecule has 0 aromatic heterocycles. The third kappa shape index (κ3) is 4.06. The summed E-state index contributed by atoms with van der Waals surface area (Å²) in [5, 5.41) is 2.94. The molecule has 1 aliphatic heterocycles. The van der Waals surface area contributed by atoms with Crippen molar-refractivity contribution in [1.29, 1.82) is 0 Å². The molecule has 1 atom stereocenters. The van der Waals surface area contributed by atoms with Gasteiger partial charge in [-0.15, -0.1) is 0 Å². The zero-order valence-corrected chi connectivity index (χ0v) is 13.1. The molecule has 0 aliphatic carbocycles. The van der Waals surface area contributed by atoms with Crippen LogP contribution in [0.15, 0.2) is 18.2 Å². The van der Waals surface area contributed by atoms with Gasteiger partial charge in [-0.05, 0) is 43.5 Å². The second-order valence-corrected chi connectivity index (χ2v) is 5.96. The van der Waals surface area contributed by atoms with Gasteiger partial charge in [0.15, 0.2) is 0 Å². The van der Waals surface area contributed by atoms with Crippen molar-refractivity contribution >= 4 is 17.5 Å². The molecule has 1 aromatic carbocycles. The highest BCUT2D eigenvalue weighted by Crippen LogP contribution is 2.21. The molecule has 1 aromatic rings. The first-order valence-corrected chi connectivity index (χ1v) is 7.66. The Morgan fingerprint density at radius 2 is 1.95 bits per heavy atom. The number of benzene rings is 1. The SMILES string of the molecule is CCCCN1C[C@H](C(=O)Nc2cc(C)cc(C)c2)CC1=O. The minimum atomic E-state index is -0.227. The number of amides is 2. The Kier molecular flexibility index (Phi) is 4.99. The minimum Gasteiger partial charge on any atom is -0.342 e. The number of unbranched alkanes of at least 4 members (excludes halogenated alkanes) is 1. The van der Waals surface area contributed by atoms with Crippen molar-refractivity contribution in [3.05, 3.63) is 29.3 Å². The second-order valence-electron chi connectivity index (χ2n) is 5.96. The van der Waals surface area contributed by atoms with Crippen molar-refractivity contribution in [2.24, 2.45) is 5.92 Å². The molecular formula is C17H24N2O2. The van der Waals surface area contributed by atoms with E-state index >= 15 is 0 Å². The Hall–Kier alpha value is -1.84. The lowest BCUT2D eigenvalue weighted by atomic mass is 10.1. The lowest BCUT2D eigenvalue weighted by molar-refractivity contribution is -0.128. The van der Waals surface area contributed by atoms with Gasteiger partial charge in [0, 0.05) is 25.2 Å².